The Bertz CT molecular complexity index is 1600. The molecule has 13 heteroatoms. The third kappa shape index (κ3) is 8.09. The Morgan fingerprint density at radius 3 is 2.37 bits per heavy atom. The molecular weight excluding hydrogens is 598 g/mol. The molecule has 4 N–H and O–H groups in total. The number of aliphatic hydroxyl groups excluding tert-OH is 1. The van der Waals surface area contributed by atoms with Crippen molar-refractivity contribution in [2.75, 3.05) is 26.2 Å². The minimum Gasteiger partial charge on any atom is -0.387 e. The Kier molecular flexibility index (Phi) is 10.8. The average molecular weight is 637 g/mol. The maximum atomic E-state index is 14.9. The number of rotatable bonds is 13. The van der Waals surface area contributed by atoms with Crippen molar-refractivity contribution in [3.8, 4) is 5.69 Å². The van der Waals surface area contributed by atoms with Crippen LogP contribution in [0.25, 0.3) is 5.69 Å². The van der Waals surface area contributed by atoms with Gasteiger partial charge in [0.05, 0.1) is 17.8 Å². The smallest absolute Gasteiger partial charge is 0.253 e. The topological polar surface area (TPSA) is 151 Å². The van der Waals surface area contributed by atoms with E-state index in [1.54, 1.807) is 6.20 Å². The molecule has 3 aromatic rings. The molecule has 0 radical (unpaired) electrons. The second-order valence-electron chi connectivity index (χ2n) is 12.1. The van der Waals surface area contributed by atoms with Crippen molar-refractivity contribution < 1.29 is 33.1 Å². The summed E-state index contributed by atoms with van der Waals surface area (Å²) in [7, 11) is 0. The van der Waals surface area contributed by atoms with E-state index in [1.807, 2.05) is 51.1 Å². The number of hydrogen-bond acceptors (Lipinski definition) is 7. The summed E-state index contributed by atoms with van der Waals surface area (Å²) < 4.78 is 30.3. The van der Waals surface area contributed by atoms with Crippen molar-refractivity contribution in [3.63, 3.8) is 0 Å². The number of imide groups is 1. The number of aromatic nitrogens is 2. The number of amides is 4. The molecule has 4 rings (SSSR count). The van der Waals surface area contributed by atoms with E-state index in [0.717, 1.165) is 40.8 Å². The Balaban J connectivity index is 1.62. The van der Waals surface area contributed by atoms with Gasteiger partial charge in [0, 0.05) is 56.0 Å². The van der Waals surface area contributed by atoms with Crippen LogP contribution in [0.1, 0.15) is 50.1 Å². The van der Waals surface area contributed by atoms with Crippen LogP contribution in [0.3, 0.4) is 0 Å². The van der Waals surface area contributed by atoms with Crippen molar-refractivity contribution in [1.82, 2.24) is 24.9 Å². The van der Waals surface area contributed by atoms with Crippen LogP contribution in [0.4, 0.5) is 8.78 Å². The lowest BCUT2D eigenvalue weighted by molar-refractivity contribution is -0.140. The SMILES string of the molecule is CC(C)(C)[C@H](c1cn(-c2cc(F)ccc2F)nc1Cc1ccccc1)N(CC[C@H](N)C(=O)NCCN1C(=O)C=CC1=O)C(=O)CO. The number of nitrogens with two attached hydrogens (primary N) is 1. The van der Waals surface area contributed by atoms with Crippen molar-refractivity contribution in [2.24, 2.45) is 11.1 Å². The number of hydrogen-bond donors (Lipinski definition) is 3. The highest BCUT2D eigenvalue weighted by atomic mass is 19.1. The zero-order valence-electron chi connectivity index (χ0n) is 26.0. The molecule has 0 spiro atoms. The third-order valence-electron chi connectivity index (χ3n) is 7.63. The first kappa shape index (κ1) is 34.1. The fourth-order valence-electron chi connectivity index (χ4n) is 5.44. The molecule has 2 heterocycles. The van der Waals surface area contributed by atoms with E-state index in [2.05, 4.69) is 10.4 Å². The highest BCUT2D eigenvalue weighted by Crippen LogP contribution is 2.40. The van der Waals surface area contributed by atoms with Gasteiger partial charge in [0.15, 0.2) is 0 Å². The number of carbonyl (C=O) groups excluding carboxylic acids is 4. The molecule has 0 saturated carbocycles. The van der Waals surface area contributed by atoms with Gasteiger partial charge in [0.1, 0.15) is 23.9 Å². The number of nitrogens with zero attached hydrogens (tertiary/aromatic N) is 4. The van der Waals surface area contributed by atoms with Gasteiger partial charge in [-0.3, -0.25) is 24.1 Å². The molecule has 4 amide bonds. The molecule has 1 aromatic heterocycles. The van der Waals surface area contributed by atoms with E-state index in [0.29, 0.717) is 17.7 Å². The molecule has 2 atom stereocenters. The molecule has 0 unspecified atom stereocenters. The normalized spacial score (nSPS) is 14.5. The minimum absolute atomic E-state index is 0.00569. The number of carbonyl (C=O) groups is 4. The number of halogens is 2. The summed E-state index contributed by atoms with van der Waals surface area (Å²) in [6, 6.07) is 10.7. The Hall–Kier alpha value is -4.75. The fraction of sp³-hybridized carbons (Fsp3) is 0.364. The Morgan fingerprint density at radius 2 is 1.74 bits per heavy atom. The van der Waals surface area contributed by atoms with Gasteiger partial charge in [-0.1, -0.05) is 51.1 Å². The number of benzene rings is 2. The first-order valence-electron chi connectivity index (χ1n) is 14.8. The van der Waals surface area contributed by atoms with Crippen molar-refractivity contribution >= 4 is 23.6 Å². The largest absolute Gasteiger partial charge is 0.387 e. The van der Waals surface area contributed by atoms with E-state index in [4.69, 9.17) is 5.73 Å². The first-order valence-corrected chi connectivity index (χ1v) is 14.8. The minimum atomic E-state index is -1.06. The van der Waals surface area contributed by atoms with Crippen molar-refractivity contribution in [3.05, 3.63) is 95.3 Å². The summed E-state index contributed by atoms with van der Waals surface area (Å²) >= 11 is 0. The Labute approximate surface area is 265 Å². The molecule has 11 nitrogen and oxygen atoms in total. The zero-order valence-corrected chi connectivity index (χ0v) is 26.0. The molecule has 0 fully saturated rings. The molecule has 1 aliphatic rings. The van der Waals surface area contributed by atoms with Crippen LogP contribution >= 0.6 is 0 Å². The summed E-state index contributed by atoms with van der Waals surface area (Å²) in [5, 5.41) is 17.2. The predicted molar refractivity (Wildman–Crippen MR) is 165 cm³/mol. The molecule has 0 saturated heterocycles. The predicted octanol–water partition coefficient (Wildman–Crippen LogP) is 2.41. The number of aliphatic hydroxyl groups is 1. The van der Waals surface area contributed by atoms with Gasteiger partial charge in [0.2, 0.25) is 11.8 Å². The van der Waals surface area contributed by atoms with Gasteiger partial charge >= 0.3 is 0 Å². The van der Waals surface area contributed by atoms with Crippen molar-refractivity contribution in [1.29, 1.82) is 0 Å². The summed E-state index contributed by atoms with van der Waals surface area (Å²) in [6.45, 7) is 4.80. The summed E-state index contributed by atoms with van der Waals surface area (Å²) in [4.78, 5) is 52.0. The lowest BCUT2D eigenvalue weighted by Gasteiger charge is -2.40. The van der Waals surface area contributed by atoms with Crippen LogP contribution in [0.2, 0.25) is 0 Å². The van der Waals surface area contributed by atoms with E-state index in [1.165, 1.54) is 9.58 Å². The molecule has 46 heavy (non-hydrogen) atoms. The molecule has 0 aliphatic carbocycles. The molecule has 1 aliphatic heterocycles. The first-order chi connectivity index (χ1) is 21.8. The van der Waals surface area contributed by atoms with Gasteiger partial charge in [-0.05, 0) is 29.5 Å². The van der Waals surface area contributed by atoms with E-state index in [9.17, 15) is 33.1 Å². The van der Waals surface area contributed by atoms with Gasteiger partial charge in [-0.15, -0.1) is 0 Å². The lowest BCUT2D eigenvalue weighted by Crippen LogP contribution is -2.48. The highest BCUT2D eigenvalue weighted by molar-refractivity contribution is 6.12. The van der Waals surface area contributed by atoms with E-state index < -0.39 is 59.4 Å². The maximum absolute atomic E-state index is 14.9. The van der Waals surface area contributed by atoms with Crippen molar-refractivity contribution in [2.45, 2.75) is 45.7 Å². The van der Waals surface area contributed by atoms with E-state index >= 15 is 0 Å². The monoisotopic (exact) mass is 636 g/mol. The standard InChI is InChI=1S/C33H38F2N6O5/c1-33(2,3)31(40(30(45)20-42)15-13-25(36)32(46)37-14-16-39-28(43)11-12-29(39)44)23-19-41(27-18-22(34)9-10-24(27)35)38-26(23)17-21-7-5-4-6-8-21/h4-12,18-19,25,31,42H,13-17,20,36H2,1-3H3,(H,37,46)/t25-,31-/m0/s1. The van der Waals surface area contributed by atoms with Crippen LogP contribution < -0.4 is 11.1 Å². The fourth-order valence-corrected chi connectivity index (χ4v) is 5.44. The van der Waals surface area contributed by atoms with Gasteiger partial charge < -0.3 is 21.1 Å². The van der Waals surface area contributed by atoms with Gasteiger partial charge in [0.25, 0.3) is 11.8 Å². The quantitative estimate of drug-likeness (QED) is 0.244. The zero-order chi connectivity index (χ0) is 33.6. The highest BCUT2D eigenvalue weighted by Gasteiger charge is 2.38. The van der Waals surface area contributed by atoms with Crippen LogP contribution in [0.15, 0.2) is 66.9 Å². The molecular formula is C33H38F2N6O5. The lowest BCUT2D eigenvalue weighted by atomic mass is 9.80. The summed E-state index contributed by atoms with van der Waals surface area (Å²) in [5.74, 6) is -3.44. The van der Waals surface area contributed by atoms with Crippen LogP contribution in [0.5, 0.6) is 0 Å². The van der Waals surface area contributed by atoms with E-state index in [-0.39, 0.29) is 31.7 Å². The summed E-state index contributed by atoms with van der Waals surface area (Å²) in [5.41, 5.74) is 7.36. The number of nitrogens with one attached hydrogen (secondary N) is 1. The molecule has 2 aromatic carbocycles. The average Bonchev–Trinajstić information content (AvgIpc) is 3.57. The second-order valence-corrected chi connectivity index (χ2v) is 12.1. The second kappa shape index (κ2) is 14.6. The maximum Gasteiger partial charge on any atom is 0.253 e. The molecule has 244 valence electrons. The summed E-state index contributed by atoms with van der Waals surface area (Å²) in [6.07, 6.45) is 4.18. The van der Waals surface area contributed by atoms with Gasteiger partial charge in [-0.2, -0.15) is 5.10 Å². The van der Waals surface area contributed by atoms with Gasteiger partial charge in [-0.25, -0.2) is 13.5 Å². The third-order valence-corrected chi connectivity index (χ3v) is 7.63. The molecule has 0 bridgehead atoms. The Morgan fingerprint density at radius 1 is 1.07 bits per heavy atom. The van der Waals surface area contributed by atoms with Crippen LogP contribution in [-0.4, -0.2) is 80.6 Å². The van der Waals surface area contributed by atoms with Crippen LogP contribution in [-0.2, 0) is 25.6 Å². The van der Waals surface area contributed by atoms with Crippen LogP contribution in [0, 0.1) is 17.0 Å².